The summed E-state index contributed by atoms with van der Waals surface area (Å²) in [6.07, 6.45) is -25.8. The third-order valence-electron chi connectivity index (χ3n) is 5.65. The van der Waals surface area contributed by atoms with Gasteiger partial charge in [0.15, 0.2) is 18.9 Å². The highest BCUT2D eigenvalue weighted by Gasteiger charge is 2.52. The number of hydrogen-bond acceptors (Lipinski definition) is 16. The molecule has 0 unspecified atom stereocenters. The molecule has 0 bridgehead atoms. The van der Waals surface area contributed by atoms with Gasteiger partial charge in [0, 0.05) is 0 Å². The molecule has 0 aromatic heterocycles. The smallest absolute Gasteiger partial charge is 0.187 e. The van der Waals surface area contributed by atoms with E-state index in [1.54, 1.807) is 0 Å². The Balaban J connectivity index is 2.33. The molecule has 0 aromatic rings. The van der Waals surface area contributed by atoms with Gasteiger partial charge in [0.05, 0.1) is 19.8 Å². The molecule has 0 amide bonds. The van der Waals surface area contributed by atoms with Gasteiger partial charge >= 0.3 is 0 Å². The summed E-state index contributed by atoms with van der Waals surface area (Å²) in [6, 6.07) is 0. The number of aliphatic hydroxyl groups excluding tert-OH is 11. The number of aliphatic hydroxyl groups is 11. The van der Waals surface area contributed by atoms with E-state index >= 15 is 0 Å². The van der Waals surface area contributed by atoms with Crippen LogP contribution < -0.4 is 0 Å². The first-order valence-electron chi connectivity index (χ1n) is 10.4. The van der Waals surface area contributed by atoms with Crippen molar-refractivity contribution in [3.05, 3.63) is 0 Å². The van der Waals surface area contributed by atoms with Crippen LogP contribution in [0, 0.1) is 0 Å². The molecular weight excluding hydrogens is 472 g/mol. The zero-order valence-electron chi connectivity index (χ0n) is 17.7. The Bertz CT molecular complexity index is 623. The Morgan fingerprint density at radius 3 is 1.79 bits per heavy atom. The van der Waals surface area contributed by atoms with E-state index < -0.39 is 106 Å². The summed E-state index contributed by atoms with van der Waals surface area (Å²) in [5.74, 6) is 0. The predicted molar refractivity (Wildman–Crippen MR) is 102 cm³/mol. The third kappa shape index (κ3) is 6.25. The molecule has 0 radical (unpaired) electrons. The van der Waals surface area contributed by atoms with Gasteiger partial charge in [0.2, 0.25) is 0 Å². The lowest BCUT2D eigenvalue weighted by atomic mass is 9.97. The van der Waals surface area contributed by atoms with E-state index in [9.17, 15) is 61.0 Å². The van der Waals surface area contributed by atoms with Crippen LogP contribution in [-0.4, -0.2) is 168 Å². The first kappa shape index (κ1) is 29.3. The molecule has 200 valence electrons. The van der Waals surface area contributed by atoms with Crippen molar-refractivity contribution in [1.82, 2.24) is 0 Å². The van der Waals surface area contributed by atoms with Gasteiger partial charge in [-0.2, -0.15) is 0 Å². The van der Waals surface area contributed by atoms with Gasteiger partial charge in [-0.1, -0.05) is 0 Å². The van der Waals surface area contributed by atoms with Crippen LogP contribution in [0.25, 0.3) is 0 Å². The SMILES string of the molecule is O=C[C@H](O)[C@@H](O)[C@H](O[C@@H]1O[C@H](CO)[C@@H](O)[C@H](O)[C@H]1O[C@@H]1O[C@H](CO)[C@@H](O)[C@H](O)[C@H]1O)[C@H](O)CO. The summed E-state index contributed by atoms with van der Waals surface area (Å²) in [6.45, 7) is -2.67. The van der Waals surface area contributed by atoms with E-state index in [1.165, 1.54) is 0 Å². The molecule has 16 heteroatoms. The summed E-state index contributed by atoms with van der Waals surface area (Å²) >= 11 is 0. The van der Waals surface area contributed by atoms with Gasteiger partial charge in [-0.05, 0) is 0 Å². The first-order chi connectivity index (χ1) is 16.0. The van der Waals surface area contributed by atoms with Crippen LogP contribution in [0.4, 0.5) is 0 Å². The minimum absolute atomic E-state index is 0.0795. The molecule has 2 heterocycles. The van der Waals surface area contributed by atoms with Crippen molar-refractivity contribution in [3.8, 4) is 0 Å². The lowest BCUT2D eigenvalue weighted by molar-refractivity contribution is -0.377. The van der Waals surface area contributed by atoms with Gasteiger partial charge in [-0.3, -0.25) is 0 Å². The molecule has 2 saturated heterocycles. The van der Waals surface area contributed by atoms with Crippen LogP contribution in [0.1, 0.15) is 0 Å². The Labute approximate surface area is 192 Å². The molecule has 0 spiro atoms. The van der Waals surface area contributed by atoms with Crippen molar-refractivity contribution >= 4 is 6.29 Å². The zero-order valence-corrected chi connectivity index (χ0v) is 17.7. The number of carbonyl (C=O) groups is 1. The van der Waals surface area contributed by atoms with Crippen LogP contribution in [0.15, 0.2) is 0 Å². The predicted octanol–water partition coefficient (Wildman–Crippen LogP) is -7.73. The third-order valence-corrected chi connectivity index (χ3v) is 5.65. The van der Waals surface area contributed by atoms with Crippen LogP contribution in [-0.2, 0) is 23.7 Å². The maximum atomic E-state index is 10.8. The Hall–Kier alpha value is -0.930. The van der Waals surface area contributed by atoms with Gasteiger partial charge < -0.3 is 79.9 Å². The van der Waals surface area contributed by atoms with Crippen molar-refractivity contribution in [1.29, 1.82) is 0 Å². The van der Waals surface area contributed by atoms with Crippen molar-refractivity contribution in [3.63, 3.8) is 0 Å². The molecule has 2 fully saturated rings. The average Bonchev–Trinajstić information content (AvgIpc) is 2.84. The fourth-order valence-corrected chi connectivity index (χ4v) is 3.58. The molecule has 0 aromatic carbocycles. The number of carbonyl (C=O) groups excluding carboxylic acids is 1. The zero-order chi connectivity index (χ0) is 25.7. The van der Waals surface area contributed by atoms with Crippen LogP contribution >= 0.6 is 0 Å². The van der Waals surface area contributed by atoms with Crippen molar-refractivity contribution in [2.75, 3.05) is 19.8 Å². The lowest BCUT2D eigenvalue weighted by Gasteiger charge is -2.47. The molecular formula is C18H32O16. The van der Waals surface area contributed by atoms with Gasteiger partial charge in [0.1, 0.15) is 73.2 Å². The number of hydrogen-bond donors (Lipinski definition) is 11. The molecule has 14 atom stereocenters. The van der Waals surface area contributed by atoms with Crippen molar-refractivity contribution < 1.29 is 79.9 Å². The van der Waals surface area contributed by atoms with Gasteiger partial charge in [0.25, 0.3) is 0 Å². The van der Waals surface area contributed by atoms with Gasteiger partial charge in [-0.25, -0.2) is 0 Å². The van der Waals surface area contributed by atoms with Gasteiger partial charge in [-0.15, -0.1) is 0 Å². The average molecular weight is 504 g/mol. The van der Waals surface area contributed by atoms with E-state index in [-0.39, 0.29) is 6.29 Å². The van der Waals surface area contributed by atoms with Crippen LogP contribution in [0.2, 0.25) is 0 Å². The van der Waals surface area contributed by atoms with E-state index in [0.29, 0.717) is 0 Å². The summed E-state index contributed by atoms with van der Waals surface area (Å²) in [5, 5.41) is 109. The molecule has 2 aliphatic rings. The topological polar surface area (TPSA) is 277 Å². The Morgan fingerprint density at radius 2 is 1.29 bits per heavy atom. The highest BCUT2D eigenvalue weighted by molar-refractivity contribution is 5.56. The second kappa shape index (κ2) is 12.9. The van der Waals surface area contributed by atoms with E-state index in [4.69, 9.17) is 18.9 Å². The van der Waals surface area contributed by atoms with Crippen LogP contribution in [0.3, 0.4) is 0 Å². The molecule has 2 rings (SSSR count). The Morgan fingerprint density at radius 1 is 0.765 bits per heavy atom. The highest BCUT2D eigenvalue weighted by Crippen LogP contribution is 2.31. The monoisotopic (exact) mass is 504 g/mol. The first-order valence-corrected chi connectivity index (χ1v) is 10.4. The maximum absolute atomic E-state index is 10.8. The summed E-state index contributed by atoms with van der Waals surface area (Å²) in [4.78, 5) is 10.8. The molecule has 0 saturated carbocycles. The Kier molecular flexibility index (Phi) is 11.1. The summed E-state index contributed by atoms with van der Waals surface area (Å²) in [7, 11) is 0. The summed E-state index contributed by atoms with van der Waals surface area (Å²) < 4.78 is 21.3. The second-order valence-electron chi connectivity index (χ2n) is 7.97. The standard InChI is InChI=1S/C18H32O16/c19-1-5(23)9(25)15(6(24)2-20)33-18-16(13(29)11(27)8(4-22)32-18)34-17-14(30)12(28)10(26)7(3-21)31-17/h1,5-18,20-30H,2-4H2/t5-,6+,7+,8+,9+,10+,11+,12-,13-,14+,15+,16+,17-,18-/m0/s1. The fourth-order valence-electron chi connectivity index (χ4n) is 3.58. The quantitative estimate of drug-likeness (QED) is 0.117. The second-order valence-corrected chi connectivity index (χ2v) is 7.97. The van der Waals surface area contributed by atoms with Crippen molar-refractivity contribution in [2.24, 2.45) is 0 Å². The highest BCUT2D eigenvalue weighted by atomic mass is 16.8. The normalized spacial score (nSPS) is 42.6. The van der Waals surface area contributed by atoms with E-state index in [2.05, 4.69) is 0 Å². The number of rotatable bonds is 11. The maximum Gasteiger partial charge on any atom is 0.187 e. The largest absolute Gasteiger partial charge is 0.394 e. The molecule has 2 aliphatic heterocycles. The number of aldehydes is 1. The molecule has 16 nitrogen and oxygen atoms in total. The minimum Gasteiger partial charge on any atom is -0.394 e. The molecule has 34 heavy (non-hydrogen) atoms. The molecule has 0 aliphatic carbocycles. The summed E-state index contributed by atoms with van der Waals surface area (Å²) in [5.41, 5.74) is 0. The lowest BCUT2D eigenvalue weighted by Crippen LogP contribution is -2.65. The van der Waals surface area contributed by atoms with E-state index in [0.717, 1.165) is 0 Å². The van der Waals surface area contributed by atoms with E-state index in [1.807, 2.05) is 0 Å². The van der Waals surface area contributed by atoms with Crippen LogP contribution in [0.5, 0.6) is 0 Å². The molecule has 11 N–H and O–H groups in total. The van der Waals surface area contributed by atoms with Crippen molar-refractivity contribution in [2.45, 2.75) is 85.8 Å². The fraction of sp³-hybridized carbons (Fsp3) is 0.944. The number of ether oxygens (including phenoxy) is 4. The minimum atomic E-state index is -2.12.